The predicted molar refractivity (Wildman–Crippen MR) is 112 cm³/mol. The van der Waals surface area contributed by atoms with Crippen molar-refractivity contribution in [3.63, 3.8) is 0 Å². The van der Waals surface area contributed by atoms with E-state index in [4.69, 9.17) is 4.74 Å². The largest absolute Gasteiger partial charge is 0.496 e. The van der Waals surface area contributed by atoms with E-state index in [9.17, 15) is 8.42 Å². The van der Waals surface area contributed by atoms with Gasteiger partial charge in [-0.05, 0) is 49.7 Å². The highest BCUT2D eigenvalue weighted by Crippen LogP contribution is 2.17. The number of nitrogens with one attached hydrogen (secondary N) is 3. The van der Waals surface area contributed by atoms with Gasteiger partial charge in [-0.2, -0.15) is 0 Å². The summed E-state index contributed by atoms with van der Waals surface area (Å²) in [7, 11) is -0.398. The standard InChI is InChI=1S/C20H28N4O3S/c1-4-22-20(23-13-12-17-9-5-6-11-19(17)27-3)24-15-16-8-7-10-18(14-16)28(25,26)21-2/h5-11,14,21H,4,12-13,15H2,1-3H3,(H2,22,23,24). The SMILES string of the molecule is CCNC(=NCc1cccc(S(=O)(=O)NC)c1)NCCc1ccccc1OC. The predicted octanol–water partition coefficient (Wildman–Crippen LogP) is 1.90. The summed E-state index contributed by atoms with van der Waals surface area (Å²) in [6.45, 7) is 3.80. The van der Waals surface area contributed by atoms with Crippen molar-refractivity contribution in [1.82, 2.24) is 15.4 Å². The van der Waals surface area contributed by atoms with Crippen molar-refractivity contribution < 1.29 is 13.2 Å². The van der Waals surface area contributed by atoms with Crippen LogP contribution in [0.5, 0.6) is 5.75 Å². The van der Waals surface area contributed by atoms with E-state index in [2.05, 4.69) is 20.3 Å². The van der Waals surface area contributed by atoms with E-state index < -0.39 is 10.0 Å². The molecule has 0 heterocycles. The van der Waals surface area contributed by atoms with Crippen molar-refractivity contribution in [1.29, 1.82) is 0 Å². The molecule has 0 radical (unpaired) electrons. The number of methoxy groups -OCH3 is 1. The van der Waals surface area contributed by atoms with E-state index in [1.54, 1.807) is 25.3 Å². The molecule has 0 bridgehead atoms. The minimum absolute atomic E-state index is 0.233. The van der Waals surface area contributed by atoms with Gasteiger partial charge in [0.15, 0.2) is 5.96 Å². The van der Waals surface area contributed by atoms with Crippen LogP contribution in [0.2, 0.25) is 0 Å². The third kappa shape index (κ3) is 6.24. The summed E-state index contributed by atoms with van der Waals surface area (Å²) in [6, 6.07) is 14.7. The first-order valence-electron chi connectivity index (χ1n) is 9.16. The molecule has 0 fully saturated rings. The molecule has 0 aliphatic carbocycles. The Morgan fingerprint density at radius 1 is 1.11 bits per heavy atom. The van der Waals surface area contributed by atoms with E-state index in [1.165, 1.54) is 7.05 Å². The number of nitrogens with zero attached hydrogens (tertiary/aromatic N) is 1. The van der Waals surface area contributed by atoms with E-state index in [-0.39, 0.29) is 4.90 Å². The molecule has 7 nitrogen and oxygen atoms in total. The average Bonchev–Trinajstić information content (AvgIpc) is 2.72. The quantitative estimate of drug-likeness (QED) is 0.439. The zero-order chi connectivity index (χ0) is 20.4. The molecular formula is C20H28N4O3S. The molecule has 0 aliphatic heterocycles. The van der Waals surface area contributed by atoms with Crippen LogP contribution >= 0.6 is 0 Å². The molecular weight excluding hydrogens is 376 g/mol. The summed E-state index contributed by atoms with van der Waals surface area (Å²) in [5.41, 5.74) is 1.94. The number of benzene rings is 2. The molecule has 0 amide bonds. The normalized spacial score (nSPS) is 11.9. The number of hydrogen-bond acceptors (Lipinski definition) is 4. The summed E-state index contributed by atoms with van der Waals surface area (Å²) >= 11 is 0. The third-order valence-corrected chi connectivity index (χ3v) is 5.53. The van der Waals surface area contributed by atoms with Crippen LogP contribution in [0.3, 0.4) is 0 Å². The topological polar surface area (TPSA) is 91.8 Å². The monoisotopic (exact) mass is 404 g/mol. The van der Waals surface area contributed by atoms with Crippen molar-refractivity contribution in [2.24, 2.45) is 4.99 Å². The zero-order valence-corrected chi connectivity index (χ0v) is 17.3. The van der Waals surface area contributed by atoms with Gasteiger partial charge >= 0.3 is 0 Å². The van der Waals surface area contributed by atoms with Crippen molar-refractivity contribution in [3.8, 4) is 5.75 Å². The average molecular weight is 405 g/mol. The van der Waals surface area contributed by atoms with Gasteiger partial charge in [0.05, 0.1) is 18.6 Å². The summed E-state index contributed by atoms with van der Waals surface area (Å²) < 4.78 is 31.6. The van der Waals surface area contributed by atoms with Gasteiger partial charge in [-0.1, -0.05) is 30.3 Å². The Bertz CT molecular complexity index is 898. The third-order valence-electron chi connectivity index (χ3n) is 4.12. The molecule has 3 N–H and O–H groups in total. The number of guanidine groups is 1. The van der Waals surface area contributed by atoms with Crippen LogP contribution < -0.4 is 20.1 Å². The molecule has 0 saturated heterocycles. The van der Waals surface area contributed by atoms with Crippen LogP contribution in [0.15, 0.2) is 58.4 Å². The lowest BCUT2D eigenvalue weighted by Crippen LogP contribution is -2.38. The van der Waals surface area contributed by atoms with Crippen molar-refractivity contribution in [2.75, 3.05) is 27.2 Å². The van der Waals surface area contributed by atoms with Crippen molar-refractivity contribution in [2.45, 2.75) is 24.8 Å². The Balaban J connectivity index is 2.01. The molecule has 0 aromatic heterocycles. The van der Waals surface area contributed by atoms with E-state index in [0.29, 0.717) is 19.0 Å². The van der Waals surface area contributed by atoms with Crippen LogP contribution in [0.25, 0.3) is 0 Å². The van der Waals surface area contributed by atoms with E-state index in [0.717, 1.165) is 29.8 Å². The molecule has 0 aliphatic rings. The highest BCUT2D eigenvalue weighted by Gasteiger charge is 2.11. The second-order valence-electron chi connectivity index (χ2n) is 6.04. The Morgan fingerprint density at radius 2 is 1.89 bits per heavy atom. The molecule has 2 aromatic carbocycles. The summed E-state index contributed by atoms with van der Waals surface area (Å²) in [4.78, 5) is 4.79. The smallest absolute Gasteiger partial charge is 0.240 e. The number of sulfonamides is 1. The van der Waals surface area contributed by atoms with Crippen LogP contribution in [0.4, 0.5) is 0 Å². The molecule has 0 spiro atoms. The van der Waals surface area contributed by atoms with Gasteiger partial charge in [-0.3, -0.25) is 0 Å². The number of aliphatic imine (C=N–C) groups is 1. The molecule has 8 heteroatoms. The van der Waals surface area contributed by atoms with Gasteiger partial charge in [-0.25, -0.2) is 18.1 Å². The van der Waals surface area contributed by atoms with Crippen LogP contribution in [0, 0.1) is 0 Å². The molecule has 0 saturated carbocycles. The first-order valence-corrected chi connectivity index (χ1v) is 10.6. The lowest BCUT2D eigenvalue weighted by atomic mass is 10.1. The molecule has 0 unspecified atom stereocenters. The molecule has 2 rings (SSSR count). The fourth-order valence-electron chi connectivity index (χ4n) is 2.67. The van der Waals surface area contributed by atoms with Crippen molar-refractivity contribution >= 4 is 16.0 Å². The Kier molecular flexibility index (Phi) is 8.28. The fourth-order valence-corrected chi connectivity index (χ4v) is 3.47. The lowest BCUT2D eigenvalue weighted by Gasteiger charge is -2.13. The first kappa shape index (κ1) is 21.7. The van der Waals surface area contributed by atoms with Gasteiger partial charge in [-0.15, -0.1) is 0 Å². The minimum Gasteiger partial charge on any atom is -0.496 e. The highest BCUT2D eigenvalue weighted by molar-refractivity contribution is 7.89. The van der Waals surface area contributed by atoms with E-state index >= 15 is 0 Å². The van der Waals surface area contributed by atoms with Gasteiger partial charge < -0.3 is 15.4 Å². The Labute approximate surface area is 167 Å². The highest BCUT2D eigenvalue weighted by atomic mass is 32.2. The van der Waals surface area contributed by atoms with Crippen molar-refractivity contribution in [3.05, 3.63) is 59.7 Å². The minimum atomic E-state index is -3.46. The number of ether oxygens (including phenoxy) is 1. The number of hydrogen-bond donors (Lipinski definition) is 3. The van der Waals surface area contributed by atoms with Crippen LogP contribution in [-0.2, 0) is 23.0 Å². The summed E-state index contributed by atoms with van der Waals surface area (Å²) in [6.07, 6.45) is 0.796. The maximum Gasteiger partial charge on any atom is 0.240 e. The Hall–Kier alpha value is -2.58. The van der Waals surface area contributed by atoms with Crippen LogP contribution in [0.1, 0.15) is 18.1 Å². The second-order valence-corrected chi connectivity index (χ2v) is 7.93. The lowest BCUT2D eigenvalue weighted by molar-refractivity contribution is 0.409. The molecule has 0 atom stereocenters. The molecule has 28 heavy (non-hydrogen) atoms. The fraction of sp³-hybridized carbons (Fsp3) is 0.350. The number of para-hydroxylation sites is 1. The van der Waals surface area contributed by atoms with E-state index in [1.807, 2.05) is 37.3 Å². The van der Waals surface area contributed by atoms with Gasteiger partial charge in [0, 0.05) is 13.1 Å². The maximum absolute atomic E-state index is 11.9. The molecule has 2 aromatic rings. The maximum atomic E-state index is 11.9. The Morgan fingerprint density at radius 3 is 2.61 bits per heavy atom. The van der Waals surface area contributed by atoms with Gasteiger partial charge in [0.2, 0.25) is 10.0 Å². The summed E-state index contributed by atoms with van der Waals surface area (Å²) in [5, 5.41) is 6.50. The van der Waals surface area contributed by atoms with Gasteiger partial charge in [0.1, 0.15) is 5.75 Å². The first-order chi connectivity index (χ1) is 13.5. The zero-order valence-electron chi connectivity index (χ0n) is 16.5. The number of rotatable bonds is 9. The van der Waals surface area contributed by atoms with Crippen LogP contribution in [-0.4, -0.2) is 41.6 Å². The van der Waals surface area contributed by atoms with Gasteiger partial charge in [0.25, 0.3) is 0 Å². The molecule has 152 valence electrons. The second kappa shape index (κ2) is 10.7. The summed E-state index contributed by atoms with van der Waals surface area (Å²) in [5.74, 6) is 1.55.